The molecule has 7 heavy (non-hydrogen) atoms. The van der Waals surface area contributed by atoms with Crippen molar-refractivity contribution in [3.05, 3.63) is 0 Å². The summed E-state index contributed by atoms with van der Waals surface area (Å²) >= 11 is 0. The number of hydrogen-bond acceptors (Lipinski definition) is 3. The number of hydrogen-bond donors (Lipinski definition) is 3. The predicted molar refractivity (Wildman–Crippen MR) is 22.6 cm³/mol. The molecule has 0 aliphatic carbocycles. The highest BCUT2D eigenvalue weighted by molar-refractivity contribution is 5.73. The van der Waals surface area contributed by atoms with E-state index in [-0.39, 0.29) is 0 Å². The van der Waals surface area contributed by atoms with Gasteiger partial charge in [0.1, 0.15) is 0 Å². The molecule has 1 fully saturated rings. The minimum absolute atomic E-state index is 0.500. The second-order valence-electron chi connectivity index (χ2n) is 1.36. The molecule has 1 aliphatic heterocycles. The molecule has 0 aromatic carbocycles. The molecule has 1 saturated heterocycles. The molecule has 3 N–H and O–H groups in total. The lowest BCUT2D eigenvalue weighted by atomic mass is 10.4. The highest BCUT2D eigenvalue weighted by atomic mass is 16.4. The first-order chi connectivity index (χ1) is 3.30. The summed E-state index contributed by atoms with van der Waals surface area (Å²) in [6, 6.07) is 0. The van der Waals surface area contributed by atoms with Crippen molar-refractivity contribution in [2.45, 2.75) is 6.17 Å². The van der Waals surface area contributed by atoms with Gasteiger partial charge in [0.2, 0.25) is 0 Å². The standard InChI is InChI=1S/C3H6N2O2/c6-3(7)2-4-1-5-2/h2,4-5H,1H2,(H,6,7). The molecule has 1 heterocycles. The maximum absolute atomic E-state index is 9.86. The van der Waals surface area contributed by atoms with Gasteiger partial charge in [0.25, 0.3) is 0 Å². The maximum atomic E-state index is 9.86. The average Bonchev–Trinajstić information content (AvgIpc) is 1.23. The van der Waals surface area contributed by atoms with Gasteiger partial charge in [-0.2, -0.15) is 0 Å². The van der Waals surface area contributed by atoms with Crippen LogP contribution in [0, 0.1) is 0 Å². The number of rotatable bonds is 1. The van der Waals surface area contributed by atoms with Crippen LogP contribution < -0.4 is 10.6 Å². The fourth-order valence-corrected chi connectivity index (χ4v) is 0.379. The summed E-state index contributed by atoms with van der Waals surface area (Å²) < 4.78 is 0. The minimum Gasteiger partial charge on any atom is -0.479 e. The summed E-state index contributed by atoms with van der Waals surface area (Å²) in [7, 11) is 0. The lowest BCUT2D eigenvalue weighted by Gasteiger charge is -2.24. The Morgan fingerprint density at radius 1 is 1.71 bits per heavy atom. The van der Waals surface area contributed by atoms with E-state index in [4.69, 9.17) is 5.11 Å². The normalized spacial score (nSPS) is 21.1. The SMILES string of the molecule is O=C(O)C1NCN1. The van der Waals surface area contributed by atoms with Crippen LogP contribution in [-0.2, 0) is 4.79 Å². The van der Waals surface area contributed by atoms with Crippen molar-refractivity contribution in [3.8, 4) is 0 Å². The molecule has 0 amide bonds. The molecular formula is C3H6N2O2. The van der Waals surface area contributed by atoms with Crippen molar-refractivity contribution in [2.75, 3.05) is 6.67 Å². The molecule has 1 rings (SSSR count). The monoisotopic (exact) mass is 102 g/mol. The van der Waals surface area contributed by atoms with Gasteiger partial charge in [-0.15, -0.1) is 0 Å². The predicted octanol–water partition coefficient (Wildman–Crippen LogP) is -1.45. The summed E-state index contributed by atoms with van der Waals surface area (Å²) in [5, 5.41) is 13.4. The Balaban J connectivity index is 2.27. The largest absolute Gasteiger partial charge is 0.479 e. The molecule has 0 atom stereocenters. The fraction of sp³-hybridized carbons (Fsp3) is 0.667. The van der Waals surface area contributed by atoms with Gasteiger partial charge >= 0.3 is 5.97 Å². The van der Waals surface area contributed by atoms with Crippen LogP contribution in [0.3, 0.4) is 0 Å². The third-order valence-corrected chi connectivity index (χ3v) is 0.859. The number of carboxylic acid groups (broad SMARTS) is 1. The van der Waals surface area contributed by atoms with Crippen LogP contribution >= 0.6 is 0 Å². The van der Waals surface area contributed by atoms with E-state index in [1.54, 1.807) is 0 Å². The topological polar surface area (TPSA) is 61.4 Å². The van der Waals surface area contributed by atoms with Gasteiger partial charge in [0.05, 0.1) is 0 Å². The Morgan fingerprint density at radius 3 is 2.29 bits per heavy atom. The van der Waals surface area contributed by atoms with Gasteiger partial charge in [0.15, 0.2) is 6.17 Å². The summed E-state index contributed by atoms with van der Waals surface area (Å²) in [4.78, 5) is 9.86. The highest BCUT2D eigenvalue weighted by Crippen LogP contribution is 1.82. The van der Waals surface area contributed by atoms with Crippen molar-refractivity contribution in [3.63, 3.8) is 0 Å². The van der Waals surface area contributed by atoms with E-state index < -0.39 is 12.1 Å². The summed E-state index contributed by atoms with van der Waals surface area (Å²) in [6.07, 6.45) is -0.500. The molecule has 0 unspecified atom stereocenters. The van der Waals surface area contributed by atoms with Gasteiger partial charge in [0, 0.05) is 6.67 Å². The van der Waals surface area contributed by atoms with Gasteiger partial charge in [-0.05, 0) is 0 Å². The van der Waals surface area contributed by atoms with E-state index in [1.165, 1.54) is 0 Å². The maximum Gasteiger partial charge on any atom is 0.335 e. The molecule has 0 aromatic rings. The molecule has 1 aliphatic rings. The van der Waals surface area contributed by atoms with E-state index in [9.17, 15) is 4.79 Å². The van der Waals surface area contributed by atoms with Gasteiger partial charge in [-0.25, -0.2) is 4.79 Å². The molecule has 4 heteroatoms. The molecule has 0 spiro atoms. The van der Waals surface area contributed by atoms with Gasteiger partial charge < -0.3 is 5.11 Å². The molecule has 0 radical (unpaired) electrons. The molecule has 4 nitrogen and oxygen atoms in total. The van der Waals surface area contributed by atoms with Crippen molar-refractivity contribution in [1.82, 2.24) is 10.6 Å². The van der Waals surface area contributed by atoms with Crippen LogP contribution in [-0.4, -0.2) is 23.9 Å². The van der Waals surface area contributed by atoms with E-state index >= 15 is 0 Å². The van der Waals surface area contributed by atoms with Crippen LogP contribution in [0.25, 0.3) is 0 Å². The van der Waals surface area contributed by atoms with Gasteiger partial charge in [-0.1, -0.05) is 0 Å². The van der Waals surface area contributed by atoms with Crippen LogP contribution in [0.5, 0.6) is 0 Å². The minimum atomic E-state index is -0.841. The third-order valence-electron chi connectivity index (χ3n) is 0.859. The Labute approximate surface area is 40.5 Å². The van der Waals surface area contributed by atoms with Crippen LogP contribution in [0.2, 0.25) is 0 Å². The third kappa shape index (κ3) is 0.703. The number of aliphatic carboxylic acids is 1. The lowest BCUT2D eigenvalue weighted by Crippen LogP contribution is -2.62. The highest BCUT2D eigenvalue weighted by Gasteiger charge is 2.21. The molecule has 0 saturated carbocycles. The smallest absolute Gasteiger partial charge is 0.335 e. The molecule has 0 bridgehead atoms. The van der Waals surface area contributed by atoms with Crippen LogP contribution in [0.4, 0.5) is 0 Å². The quantitative estimate of drug-likeness (QED) is 0.379. The average molecular weight is 102 g/mol. The Morgan fingerprint density at radius 2 is 2.29 bits per heavy atom. The van der Waals surface area contributed by atoms with E-state index in [0.29, 0.717) is 6.67 Å². The second kappa shape index (κ2) is 1.48. The van der Waals surface area contributed by atoms with Gasteiger partial charge in [-0.3, -0.25) is 10.6 Å². The summed E-state index contributed by atoms with van der Waals surface area (Å²) in [6.45, 7) is 0.608. The molecular weight excluding hydrogens is 96.0 g/mol. The van der Waals surface area contributed by atoms with Crippen molar-refractivity contribution >= 4 is 5.97 Å². The first kappa shape index (κ1) is 4.55. The zero-order valence-electron chi connectivity index (χ0n) is 3.64. The van der Waals surface area contributed by atoms with Crippen molar-refractivity contribution in [2.24, 2.45) is 0 Å². The first-order valence-corrected chi connectivity index (χ1v) is 2.00. The van der Waals surface area contributed by atoms with E-state index in [2.05, 4.69) is 10.6 Å². The van der Waals surface area contributed by atoms with Crippen molar-refractivity contribution < 1.29 is 9.90 Å². The molecule has 40 valence electrons. The number of nitrogens with one attached hydrogen (secondary N) is 2. The zero-order valence-corrected chi connectivity index (χ0v) is 3.64. The Kier molecular flexibility index (Phi) is 0.958. The molecule has 0 aromatic heterocycles. The van der Waals surface area contributed by atoms with E-state index in [0.717, 1.165) is 0 Å². The van der Waals surface area contributed by atoms with Crippen molar-refractivity contribution in [1.29, 1.82) is 0 Å². The van der Waals surface area contributed by atoms with Crippen LogP contribution in [0.1, 0.15) is 0 Å². The number of carbonyl (C=O) groups is 1. The summed E-state index contributed by atoms with van der Waals surface area (Å²) in [5.41, 5.74) is 0. The Hall–Kier alpha value is -0.610. The first-order valence-electron chi connectivity index (χ1n) is 2.00. The zero-order chi connectivity index (χ0) is 5.28. The summed E-state index contributed by atoms with van der Waals surface area (Å²) in [5.74, 6) is -0.841. The Bertz CT molecular complexity index is 88.9. The fourth-order valence-electron chi connectivity index (χ4n) is 0.379. The second-order valence-corrected chi connectivity index (χ2v) is 1.36. The van der Waals surface area contributed by atoms with Crippen LogP contribution in [0.15, 0.2) is 0 Å². The van der Waals surface area contributed by atoms with E-state index in [1.807, 2.05) is 0 Å². The lowest BCUT2D eigenvalue weighted by molar-refractivity contribution is -0.142. The number of carboxylic acids is 1.